The molecule has 0 radical (unpaired) electrons. The number of ether oxygens (including phenoxy) is 1. The number of para-hydroxylation sites is 1. The highest BCUT2D eigenvalue weighted by Crippen LogP contribution is 2.33. The van der Waals surface area contributed by atoms with Gasteiger partial charge in [-0.3, -0.25) is 0 Å². The monoisotopic (exact) mass is 272 g/mol. The summed E-state index contributed by atoms with van der Waals surface area (Å²) in [5.41, 5.74) is -0.847. The van der Waals surface area contributed by atoms with Crippen molar-refractivity contribution >= 4 is 0 Å². The van der Waals surface area contributed by atoms with Gasteiger partial charge in [-0.25, -0.2) is 4.68 Å². The van der Waals surface area contributed by atoms with Crippen molar-refractivity contribution in [3.05, 3.63) is 42.2 Å². The van der Waals surface area contributed by atoms with Crippen LogP contribution >= 0.6 is 0 Å². The normalized spacial score (nSPS) is 11.6. The van der Waals surface area contributed by atoms with E-state index in [1.807, 2.05) is 0 Å². The molecule has 1 aromatic carbocycles. The maximum Gasteiger partial charge on any atom is 0.418 e. The fourth-order valence-electron chi connectivity index (χ4n) is 1.59. The van der Waals surface area contributed by atoms with E-state index < -0.39 is 11.7 Å². The molecule has 0 atom stereocenters. The van der Waals surface area contributed by atoms with Gasteiger partial charge in [0.05, 0.1) is 30.3 Å². The molecule has 7 heteroatoms. The maximum absolute atomic E-state index is 12.8. The van der Waals surface area contributed by atoms with Crippen LogP contribution in [0, 0.1) is 0 Å². The summed E-state index contributed by atoms with van der Waals surface area (Å²) in [5.74, 6) is 0.297. The van der Waals surface area contributed by atoms with E-state index in [1.54, 1.807) is 0 Å². The molecule has 0 aliphatic heterocycles. The molecule has 0 unspecified atom stereocenters. The number of halogens is 3. The maximum atomic E-state index is 12.8. The van der Waals surface area contributed by atoms with Gasteiger partial charge in [-0.05, 0) is 12.1 Å². The minimum atomic E-state index is -4.45. The third-order valence-electron chi connectivity index (χ3n) is 2.38. The number of aliphatic hydroxyl groups is 1. The first-order valence-corrected chi connectivity index (χ1v) is 5.47. The number of aliphatic hydroxyl groups excluding tert-OH is 1. The van der Waals surface area contributed by atoms with E-state index in [4.69, 9.17) is 9.84 Å². The molecule has 0 amide bonds. The zero-order chi connectivity index (χ0) is 13.9. The Morgan fingerprint density at radius 3 is 2.68 bits per heavy atom. The molecule has 0 spiro atoms. The summed E-state index contributed by atoms with van der Waals surface area (Å²) in [6, 6.07) is 5.14. The van der Waals surface area contributed by atoms with Gasteiger partial charge in [0, 0.05) is 0 Å². The zero-order valence-corrected chi connectivity index (χ0v) is 9.76. The largest absolute Gasteiger partial charge is 0.488 e. The highest BCUT2D eigenvalue weighted by Gasteiger charge is 2.33. The van der Waals surface area contributed by atoms with E-state index in [0.717, 1.165) is 10.7 Å². The minimum absolute atomic E-state index is 0.0621. The van der Waals surface area contributed by atoms with Crippen molar-refractivity contribution in [2.24, 2.45) is 0 Å². The Bertz CT molecular complexity index is 552. The summed E-state index contributed by atoms with van der Waals surface area (Å²) in [7, 11) is 0. The van der Waals surface area contributed by atoms with Crippen molar-refractivity contribution in [3.63, 3.8) is 0 Å². The number of benzene rings is 1. The SMILES string of the molecule is OCCOc1cnn(-c2ccccc2C(F)(F)F)c1. The van der Waals surface area contributed by atoms with E-state index >= 15 is 0 Å². The topological polar surface area (TPSA) is 47.3 Å². The summed E-state index contributed by atoms with van der Waals surface area (Å²) in [6.07, 6.45) is -1.82. The highest BCUT2D eigenvalue weighted by atomic mass is 19.4. The first-order valence-electron chi connectivity index (χ1n) is 5.47. The lowest BCUT2D eigenvalue weighted by molar-refractivity contribution is -0.137. The summed E-state index contributed by atoms with van der Waals surface area (Å²) in [5, 5.41) is 12.4. The Balaban J connectivity index is 2.34. The first-order chi connectivity index (χ1) is 9.02. The van der Waals surface area contributed by atoms with Gasteiger partial charge in [-0.1, -0.05) is 12.1 Å². The van der Waals surface area contributed by atoms with Crippen LogP contribution in [0.15, 0.2) is 36.7 Å². The lowest BCUT2D eigenvalue weighted by Crippen LogP contribution is -2.10. The molecule has 0 bridgehead atoms. The van der Waals surface area contributed by atoms with Crippen LogP contribution in [0.5, 0.6) is 5.75 Å². The highest BCUT2D eigenvalue weighted by molar-refractivity contribution is 5.42. The van der Waals surface area contributed by atoms with Gasteiger partial charge in [0.15, 0.2) is 5.75 Å². The van der Waals surface area contributed by atoms with Gasteiger partial charge in [0.25, 0.3) is 0 Å². The summed E-state index contributed by atoms with van der Waals surface area (Å²) >= 11 is 0. The summed E-state index contributed by atoms with van der Waals surface area (Å²) in [4.78, 5) is 0. The Morgan fingerprint density at radius 1 is 1.26 bits per heavy atom. The van der Waals surface area contributed by atoms with Gasteiger partial charge >= 0.3 is 6.18 Å². The van der Waals surface area contributed by atoms with Crippen molar-refractivity contribution in [2.45, 2.75) is 6.18 Å². The molecule has 0 saturated heterocycles. The van der Waals surface area contributed by atoms with Gasteiger partial charge in [-0.2, -0.15) is 18.3 Å². The number of aromatic nitrogens is 2. The molecule has 1 aromatic heterocycles. The van der Waals surface area contributed by atoms with E-state index in [9.17, 15) is 13.2 Å². The van der Waals surface area contributed by atoms with Crippen LogP contribution in [-0.4, -0.2) is 28.1 Å². The molecule has 0 aliphatic carbocycles. The molecule has 0 saturated carbocycles. The molecule has 1 N–H and O–H groups in total. The van der Waals surface area contributed by atoms with E-state index in [-0.39, 0.29) is 18.9 Å². The van der Waals surface area contributed by atoms with Gasteiger partial charge in [0.1, 0.15) is 6.61 Å². The summed E-state index contributed by atoms with van der Waals surface area (Å²) in [6.45, 7) is -0.114. The Hall–Kier alpha value is -2.02. The number of alkyl halides is 3. The average Bonchev–Trinajstić information content (AvgIpc) is 2.84. The van der Waals surface area contributed by atoms with Crippen molar-refractivity contribution < 1.29 is 23.0 Å². The van der Waals surface area contributed by atoms with E-state index in [2.05, 4.69) is 5.10 Å². The quantitative estimate of drug-likeness (QED) is 0.928. The molecule has 1 heterocycles. The molecule has 4 nitrogen and oxygen atoms in total. The lowest BCUT2D eigenvalue weighted by atomic mass is 10.2. The number of rotatable bonds is 4. The van der Waals surface area contributed by atoms with Gasteiger partial charge in [-0.15, -0.1) is 0 Å². The van der Waals surface area contributed by atoms with E-state index in [0.29, 0.717) is 5.75 Å². The molecule has 102 valence electrons. The molecule has 2 aromatic rings. The molecule has 19 heavy (non-hydrogen) atoms. The number of hydrogen-bond donors (Lipinski definition) is 1. The predicted octanol–water partition coefficient (Wildman–Crippen LogP) is 2.26. The van der Waals surface area contributed by atoms with E-state index in [1.165, 1.54) is 30.6 Å². The van der Waals surface area contributed by atoms with Crippen LogP contribution in [0.1, 0.15) is 5.56 Å². The lowest BCUT2D eigenvalue weighted by Gasteiger charge is -2.12. The fraction of sp³-hybridized carbons (Fsp3) is 0.250. The minimum Gasteiger partial charge on any atom is -0.488 e. The van der Waals surface area contributed by atoms with Gasteiger partial charge in [0.2, 0.25) is 0 Å². The standard InChI is InChI=1S/C12H11F3N2O2/c13-12(14,15)10-3-1-2-4-11(10)17-8-9(7-16-17)19-6-5-18/h1-4,7-8,18H,5-6H2. The Kier molecular flexibility index (Phi) is 3.75. The molecule has 0 aliphatic rings. The van der Waals surface area contributed by atoms with Crippen molar-refractivity contribution in [2.75, 3.05) is 13.2 Å². The van der Waals surface area contributed by atoms with Crippen molar-refractivity contribution in [1.82, 2.24) is 9.78 Å². The first kappa shape index (κ1) is 13.4. The molecular formula is C12H11F3N2O2. The molecular weight excluding hydrogens is 261 g/mol. The fourth-order valence-corrected chi connectivity index (χ4v) is 1.59. The smallest absolute Gasteiger partial charge is 0.418 e. The second-order valence-electron chi connectivity index (χ2n) is 3.71. The second-order valence-corrected chi connectivity index (χ2v) is 3.71. The van der Waals surface area contributed by atoms with Crippen molar-refractivity contribution in [1.29, 1.82) is 0 Å². The third-order valence-corrected chi connectivity index (χ3v) is 2.38. The third kappa shape index (κ3) is 3.05. The van der Waals surface area contributed by atoms with Crippen LogP contribution in [0.2, 0.25) is 0 Å². The molecule has 2 rings (SSSR count). The molecule has 0 fully saturated rings. The number of hydrogen-bond acceptors (Lipinski definition) is 3. The van der Waals surface area contributed by atoms with Crippen LogP contribution in [0.25, 0.3) is 5.69 Å². The van der Waals surface area contributed by atoms with Crippen LogP contribution in [0.4, 0.5) is 13.2 Å². The van der Waals surface area contributed by atoms with Crippen LogP contribution in [0.3, 0.4) is 0 Å². The second kappa shape index (κ2) is 5.31. The van der Waals surface area contributed by atoms with Crippen molar-refractivity contribution in [3.8, 4) is 11.4 Å². The van der Waals surface area contributed by atoms with Crippen LogP contribution < -0.4 is 4.74 Å². The summed E-state index contributed by atoms with van der Waals surface area (Å²) < 4.78 is 44.7. The van der Waals surface area contributed by atoms with Crippen LogP contribution in [-0.2, 0) is 6.18 Å². The average molecular weight is 272 g/mol. The Labute approximate surface area is 107 Å². The Morgan fingerprint density at radius 2 is 2.00 bits per heavy atom. The zero-order valence-electron chi connectivity index (χ0n) is 9.76. The number of nitrogens with zero attached hydrogens (tertiary/aromatic N) is 2. The van der Waals surface area contributed by atoms with Gasteiger partial charge < -0.3 is 9.84 Å². The predicted molar refractivity (Wildman–Crippen MR) is 61.1 cm³/mol.